The Morgan fingerprint density at radius 3 is 2.71 bits per heavy atom. The normalized spacial score (nSPS) is 10.2. The third-order valence-corrected chi connectivity index (χ3v) is 1.97. The van der Waals surface area contributed by atoms with E-state index in [-0.39, 0.29) is 29.6 Å². The average molecular weight is 237 g/mol. The first-order valence-electron chi connectivity index (χ1n) is 4.61. The first-order chi connectivity index (χ1) is 7.79. The van der Waals surface area contributed by atoms with Gasteiger partial charge < -0.3 is 10.7 Å². The Kier molecular flexibility index (Phi) is 5.24. The summed E-state index contributed by atoms with van der Waals surface area (Å²) in [7, 11) is 0. The van der Waals surface area contributed by atoms with Crippen LogP contribution in [0, 0.1) is 5.21 Å². The van der Waals surface area contributed by atoms with E-state index < -0.39 is 5.91 Å². The van der Waals surface area contributed by atoms with Crippen molar-refractivity contribution in [3.05, 3.63) is 47.4 Å². The number of fused-ring (bicyclic) bond motifs is 1. The summed E-state index contributed by atoms with van der Waals surface area (Å²) in [5.41, 5.74) is 3.31. The molecule has 0 radical (unpaired) electrons. The number of nitrogens with zero attached hydrogens (tertiary/aromatic N) is 2. The van der Waals surface area contributed by atoms with Crippen LogP contribution in [0.1, 0.15) is 5.69 Å². The van der Waals surface area contributed by atoms with Crippen LogP contribution in [-0.2, 0) is 4.79 Å². The smallest absolute Gasteiger partial charge is 0.759 e. The molecule has 2 aromatic rings. The number of amides is 1. The molecule has 1 aromatic carbocycles. The molecule has 6 heteroatoms. The van der Waals surface area contributed by atoms with Gasteiger partial charge in [-0.25, -0.2) is 4.98 Å². The number of para-hydroxylation sites is 2. The van der Waals surface area contributed by atoms with Gasteiger partial charge in [0.1, 0.15) is 0 Å². The van der Waals surface area contributed by atoms with Crippen LogP contribution in [0.15, 0.2) is 36.5 Å². The Labute approximate surface area is 120 Å². The summed E-state index contributed by atoms with van der Waals surface area (Å²) in [6.45, 7) is 0. The monoisotopic (exact) mass is 237 g/mol. The molecule has 2 rings (SSSR count). The van der Waals surface area contributed by atoms with Gasteiger partial charge in [0.2, 0.25) is 5.91 Å². The second-order valence-corrected chi connectivity index (χ2v) is 3.08. The van der Waals surface area contributed by atoms with Crippen molar-refractivity contribution in [3.8, 4) is 0 Å². The molecule has 0 aliphatic carbocycles. The minimum absolute atomic E-state index is 0. The summed E-state index contributed by atoms with van der Waals surface area (Å²) in [4.78, 5) is 19.1. The van der Waals surface area contributed by atoms with Crippen molar-refractivity contribution in [1.29, 1.82) is 0 Å². The van der Waals surface area contributed by atoms with Gasteiger partial charge in [-0.15, -0.1) is 0 Å². The van der Waals surface area contributed by atoms with Crippen molar-refractivity contribution in [1.82, 2.24) is 15.4 Å². The van der Waals surface area contributed by atoms with Crippen molar-refractivity contribution < 1.29 is 34.4 Å². The van der Waals surface area contributed by atoms with Crippen molar-refractivity contribution in [2.75, 3.05) is 0 Å². The molecule has 0 unspecified atom stereocenters. The number of nitrogens with one attached hydrogen (secondary N) is 1. The Bertz CT molecular complexity index is 557. The predicted octanol–water partition coefficient (Wildman–Crippen LogP) is -1.74. The van der Waals surface area contributed by atoms with E-state index in [2.05, 4.69) is 9.97 Å². The maximum Gasteiger partial charge on any atom is 1.00 e. The van der Waals surface area contributed by atoms with E-state index in [1.54, 1.807) is 0 Å². The van der Waals surface area contributed by atoms with Gasteiger partial charge in [0, 0.05) is 6.08 Å². The van der Waals surface area contributed by atoms with Crippen LogP contribution >= 0.6 is 0 Å². The fourth-order valence-corrected chi connectivity index (χ4v) is 1.25. The van der Waals surface area contributed by atoms with Crippen LogP contribution in [0.5, 0.6) is 0 Å². The van der Waals surface area contributed by atoms with Gasteiger partial charge >= 0.3 is 29.6 Å². The predicted molar refractivity (Wildman–Crippen MR) is 60.1 cm³/mol. The molecule has 0 aliphatic rings. The quantitative estimate of drug-likeness (QED) is 0.382. The van der Waals surface area contributed by atoms with Gasteiger partial charge in [-0.1, -0.05) is 12.1 Å². The van der Waals surface area contributed by atoms with Crippen LogP contribution < -0.4 is 35.0 Å². The molecule has 1 heterocycles. The molecule has 80 valence electrons. The molecule has 0 bridgehead atoms. The number of carbonyl (C=O) groups excluding carboxylic acids is 1. The summed E-state index contributed by atoms with van der Waals surface area (Å²) in [5.74, 6) is -0.713. The van der Waals surface area contributed by atoms with E-state index in [0.717, 1.165) is 17.1 Å². The zero-order chi connectivity index (χ0) is 11.4. The largest absolute Gasteiger partial charge is 1.00 e. The molecule has 5 nitrogen and oxygen atoms in total. The maximum absolute atomic E-state index is 10.7. The molecule has 0 aliphatic heterocycles. The number of hydroxylamine groups is 1. The molecule has 0 spiro atoms. The molecule has 17 heavy (non-hydrogen) atoms. The molecule has 1 N–H and O–H groups in total. The SMILES string of the molecule is O=C(/C=C/c1cnc2ccccc2n1)N[O-].[Na+]. The first kappa shape index (κ1) is 13.8. The minimum Gasteiger partial charge on any atom is -0.759 e. The summed E-state index contributed by atoms with van der Waals surface area (Å²) >= 11 is 0. The second kappa shape index (κ2) is 6.46. The summed E-state index contributed by atoms with van der Waals surface area (Å²) < 4.78 is 0. The number of carbonyl (C=O) groups is 1. The fourth-order valence-electron chi connectivity index (χ4n) is 1.25. The number of hydrogen-bond donors (Lipinski definition) is 1. The Morgan fingerprint density at radius 2 is 2.00 bits per heavy atom. The zero-order valence-electron chi connectivity index (χ0n) is 9.25. The molecule has 0 atom stereocenters. The number of hydrogen-bond acceptors (Lipinski definition) is 4. The van der Waals surface area contributed by atoms with E-state index >= 15 is 0 Å². The van der Waals surface area contributed by atoms with Crippen LogP contribution in [0.4, 0.5) is 0 Å². The second-order valence-electron chi connectivity index (χ2n) is 3.08. The molecule has 0 saturated carbocycles. The summed E-state index contributed by atoms with van der Waals surface area (Å²) in [6, 6.07) is 7.40. The van der Waals surface area contributed by atoms with E-state index in [0.29, 0.717) is 5.69 Å². The van der Waals surface area contributed by atoms with Gasteiger partial charge in [0.05, 0.1) is 22.9 Å². The molecule has 0 saturated heterocycles. The molecule has 1 amide bonds. The number of rotatable bonds is 2. The zero-order valence-corrected chi connectivity index (χ0v) is 11.3. The van der Waals surface area contributed by atoms with Gasteiger partial charge in [0.15, 0.2) is 0 Å². The standard InChI is InChI=1S/C11H8N3O2.Na/c15-11(14-16)6-5-8-7-12-9-3-1-2-4-10(9)13-8;/h1-7H,(H-,12,13,14,15,16);/q-1;+1. The molecular weight excluding hydrogens is 229 g/mol. The Hall–Kier alpha value is -1.27. The van der Waals surface area contributed by atoms with Gasteiger partial charge in [-0.2, -0.15) is 0 Å². The Balaban J connectivity index is 0.00000144. The molecular formula is C11H8N3NaO2. The summed E-state index contributed by atoms with van der Waals surface area (Å²) in [5, 5.41) is 9.98. The van der Waals surface area contributed by atoms with Crippen LogP contribution in [0.3, 0.4) is 0 Å². The topological polar surface area (TPSA) is 77.9 Å². The third kappa shape index (κ3) is 3.61. The maximum atomic E-state index is 10.7. The van der Waals surface area contributed by atoms with Crippen molar-refractivity contribution in [2.45, 2.75) is 0 Å². The third-order valence-electron chi connectivity index (χ3n) is 1.97. The first-order valence-corrected chi connectivity index (χ1v) is 4.61. The van der Waals surface area contributed by atoms with Crippen molar-refractivity contribution in [3.63, 3.8) is 0 Å². The van der Waals surface area contributed by atoms with Crippen molar-refractivity contribution >= 4 is 23.0 Å². The molecule has 0 fully saturated rings. The van der Waals surface area contributed by atoms with E-state index in [9.17, 15) is 10.0 Å². The van der Waals surface area contributed by atoms with Crippen LogP contribution in [0.2, 0.25) is 0 Å². The average Bonchev–Trinajstić information content (AvgIpc) is 2.35. The van der Waals surface area contributed by atoms with E-state index in [1.165, 1.54) is 17.8 Å². The van der Waals surface area contributed by atoms with Crippen LogP contribution in [0.25, 0.3) is 17.1 Å². The molecule has 1 aromatic heterocycles. The number of aromatic nitrogens is 2. The van der Waals surface area contributed by atoms with E-state index in [4.69, 9.17) is 0 Å². The Morgan fingerprint density at radius 1 is 1.29 bits per heavy atom. The van der Waals surface area contributed by atoms with Crippen LogP contribution in [-0.4, -0.2) is 15.9 Å². The van der Waals surface area contributed by atoms with Gasteiger partial charge in [-0.05, 0) is 18.2 Å². The van der Waals surface area contributed by atoms with Gasteiger partial charge in [0.25, 0.3) is 0 Å². The van der Waals surface area contributed by atoms with Gasteiger partial charge in [-0.3, -0.25) is 9.78 Å². The fraction of sp³-hybridized carbons (Fsp3) is 0. The summed E-state index contributed by atoms with van der Waals surface area (Å²) in [6.07, 6.45) is 4.09. The van der Waals surface area contributed by atoms with Crippen molar-refractivity contribution in [2.24, 2.45) is 0 Å². The minimum atomic E-state index is -0.713. The van der Waals surface area contributed by atoms with E-state index in [1.807, 2.05) is 24.3 Å². The number of benzene rings is 1.